The number of ether oxygens (including phenoxy) is 1. The Morgan fingerprint density at radius 2 is 1.82 bits per heavy atom. The molecule has 1 aromatic carbocycles. The lowest BCUT2D eigenvalue weighted by molar-refractivity contribution is -0.116. The van der Waals surface area contributed by atoms with E-state index in [0.29, 0.717) is 18.0 Å². The molecule has 0 aromatic heterocycles. The van der Waals surface area contributed by atoms with Gasteiger partial charge in [0.25, 0.3) is 5.91 Å². The summed E-state index contributed by atoms with van der Waals surface area (Å²) in [6.07, 6.45) is 7.24. The van der Waals surface area contributed by atoms with Gasteiger partial charge in [-0.3, -0.25) is 9.69 Å². The molecule has 0 saturated carbocycles. The second-order valence-electron chi connectivity index (χ2n) is 12.1. The molecule has 0 radical (unpaired) electrons. The van der Waals surface area contributed by atoms with E-state index in [4.69, 9.17) is 9.84 Å². The fourth-order valence-electron chi connectivity index (χ4n) is 7.71. The molecule has 4 aliphatic heterocycles. The van der Waals surface area contributed by atoms with Gasteiger partial charge < -0.3 is 25.0 Å². The number of nitrogens with zero attached hydrogens (tertiary/aromatic N) is 3. The van der Waals surface area contributed by atoms with Crippen molar-refractivity contribution in [1.82, 2.24) is 20.0 Å². The number of nitrogens with one attached hydrogen (secondary N) is 1. The molecule has 2 unspecified atom stereocenters. The Morgan fingerprint density at radius 1 is 1.13 bits per heavy atom. The first-order valence-electron chi connectivity index (χ1n) is 14.8. The van der Waals surface area contributed by atoms with Crippen molar-refractivity contribution in [2.24, 2.45) is 5.92 Å². The Morgan fingerprint density at radius 3 is 2.46 bits per heavy atom. The van der Waals surface area contributed by atoms with E-state index in [1.54, 1.807) is 0 Å². The molecular weight excluding hydrogens is 492 g/mol. The van der Waals surface area contributed by atoms with Crippen LogP contribution in [0.4, 0.5) is 4.79 Å². The summed E-state index contributed by atoms with van der Waals surface area (Å²) in [5.74, 6) is 5.10. The van der Waals surface area contributed by atoms with E-state index in [0.717, 1.165) is 83.4 Å². The highest BCUT2D eigenvalue weighted by Gasteiger charge is 2.57. The highest BCUT2D eigenvalue weighted by molar-refractivity contribution is 5.93. The van der Waals surface area contributed by atoms with Crippen molar-refractivity contribution in [2.45, 2.75) is 88.5 Å². The van der Waals surface area contributed by atoms with Crippen molar-refractivity contribution in [3.8, 4) is 11.8 Å². The summed E-state index contributed by atoms with van der Waals surface area (Å²) in [7, 11) is 0. The molecule has 3 atom stereocenters. The summed E-state index contributed by atoms with van der Waals surface area (Å²) >= 11 is 0. The van der Waals surface area contributed by atoms with Crippen LogP contribution in [-0.4, -0.2) is 94.9 Å². The molecule has 1 spiro atoms. The zero-order valence-electron chi connectivity index (χ0n) is 23.5. The van der Waals surface area contributed by atoms with Gasteiger partial charge in [0.15, 0.2) is 0 Å². The lowest BCUT2D eigenvalue weighted by Crippen LogP contribution is -2.60. The number of carbonyl (C=O) groups is 2. The third-order valence-corrected chi connectivity index (χ3v) is 9.28. The number of carbonyl (C=O) groups excluding carboxylic acids is 2. The third kappa shape index (κ3) is 6.11. The van der Waals surface area contributed by atoms with E-state index in [1.165, 1.54) is 0 Å². The summed E-state index contributed by atoms with van der Waals surface area (Å²) in [5, 5.41) is 12.0. The Bertz CT molecular complexity index is 1050. The maximum atomic E-state index is 13.7. The van der Waals surface area contributed by atoms with Crippen LogP contribution in [0.25, 0.3) is 0 Å². The van der Waals surface area contributed by atoms with E-state index in [1.807, 2.05) is 30.3 Å². The van der Waals surface area contributed by atoms with Gasteiger partial charge in [-0.25, -0.2) is 4.79 Å². The van der Waals surface area contributed by atoms with Gasteiger partial charge >= 0.3 is 6.03 Å². The van der Waals surface area contributed by atoms with Gasteiger partial charge in [-0.1, -0.05) is 36.3 Å². The second-order valence-corrected chi connectivity index (χ2v) is 12.1. The van der Waals surface area contributed by atoms with Gasteiger partial charge in [0, 0.05) is 51.0 Å². The summed E-state index contributed by atoms with van der Waals surface area (Å²) in [6, 6.07) is 11.2. The molecular formula is C31H44N4O4. The number of benzene rings is 1. The average Bonchev–Trinajstić information content (AvgIpc) is 3.34. The van der Waals surface area contributed by atoms with Crippen molar-refractivity contribution < 1.29 is 19.4 Å². The van der Waals surface area contributed by atoms with Crippen LogP contribution >= 0.6 is 0 Å². The number of rotatable bonds is 8. The fraction of sp³-hybridized carbons (Fsp3) is 0.677. The maximum Gasteiger partial charge on any atom is 0.320 e. The van der Waals surface area contributed by atoms with E-state index in [9.17, 15) is 9.59 Å². The number of hydrogen-bond donors (Lipinski definition) is 2. The van der Waals surface area contributed by atoms with Crippen molar-refractivity contribution in [1.29, 1.82) is 0 Å². The molecule has 4 aliphatic rings. The molecule has 1 aromatic rings. The molecule has 8 nitrogen and oxygen atoms in total. The van der Waals surface area contributed by atoms with Crippen LogP contribution < -0.4 is 5.32 Å². The number of fused-ring (bicyclic) bond motifs is 2. The zero-order valence-corrected chi connectivity index (χ0v) is 23.5. The van der Waals surface area contributed by atoms with Gasteiger partial charge in [-0.2, -0.15) is 0 Å². The first-order chi connectivity index (χ1) is 18.9. The normalized spacial score (nSPS) is 28.2. The van der Waals surface area contributed by atoms with E-state index < -0.39 is 0 Å². The van der Waals surface area contributed by atoms with Gasteiger partial charge in [0.1, 0.15) is 6.61 Å². The van der Waals surface area contributed by atoms with Crippen LogP contribution in [0.1, 0.15) is 70.4 Å². The van der Waals surface area contributed by atoms with Crippen LogP contribution in [0, 0.1) is 17.8 Å². The minimum absolute atomic E-state index is 0.0916. The number of aliphatic hydroxyl groups is 1. The van der Waals surface area contributed by atoms with Crippen molar-refractivity contribution in [3.63, 3.8) is 0 Å². The summed E-state index contributed by atoms with van der Waals surface area (Å²) in [5.41, 5.74) is 0.972. The Kier molecular flexibility index (Phi) is 8.80. The molecule has 5 rings (SSSR count). The van der Waals surface area contributed by atoms with Gasteiger partial charge in [0.05, 0.1) is 11.6 Å². The van der Waals surface area contributed by atoms with Gasteiger partial charge in [0.2, 0.25) is 0 Å². The topological polar surface area (TPSA) is 85.4 Å². The Labute approximate surface area is 233 Å². The van der Waals surface area contributed by atoms with Crippen molar-refractivity contribution >= 4 is 11.9 Å². The molecule has 4 fully saturated rings. The zero-order chi connectivity index (χ0) is 27.4. The summed E-state index contributed by atoms with van der Waals surface area (Å²) in [4.78, 5) is 33.1. The van der Waals surface area contributed by atoms with Crippen LogP contribution in [-0.2, 0) is 9.53 Å². The first kappa shape index (κ1) is 27.9. The lowest BCUT2D eigenvalue weighted by atomic mass is 9.81. The predicted molar refractivity (Wildman–Crippen MR) is 150 cm³/mol. The van der Waals surface area contributed by atoms with E-state index in [-0.39, 0.29) is 36.2 Å². The molecule has 2 N–H and O–H groups in total. The maximum absolute atomic E-state index is 13.7. The Balaban J connectivity index is 1.27. The number of piperidine rings is 1. The number of hydrogen-bond acceptors (Lipinski definition) is 5. The second kappa shape index (κ2) is 12.3. The lowest BCUT2D eigenvalue weighted by Gasteiger charge is -2.49. The summed E-state index contributed by atoms with van der Waals surface area (Å²) in [6.45, 7) is 8.20. The van der Waals surface area contributed by atoms with Crippen LogP contribution in [0.3, 0.4) is 0 Å². The van der Waals surface area contributed by atoms with Crippen LogP contribution in [0.2, 0.25) is 0 Å². The number of urea groups is 1. The van der Waals surface area contributed by atoms with Crippen LogP contribution in [0.15, 0.2) is 30.3 Å². The molecule has 212 valence electrons. The Hall–Kier alpha value is -2.60. The molecule has 2 bridgehead atoms. The first-order valence-corrected chi connectivity index (χ1v) is 14.8. The smallest absolute Gasteiger partial charge is 0.320 e. The van der Waals surface area contributed by atoms with Gasteiger partial charge in [-0.15, -0.1) is 0 Å². The third-order valence-electron chi connectivity index (χ3n) is 9.28. The van der Waals surface area contributed by atoms with Crippen LogP contribution in [0.5, 0.6) is 0 Å². The molecule has 4 saturated heterocycles. The molecule has 39 heavy (non-hydrogen) atoms. The van der Waals surface area contributed by atoms with Crippen molar-refractivity contribution in [2.75, 3.05) is 39.5 Å². The van der Waals surface area contributed by atoms with E-state index >= 15 is 0 Å². The highest BCUT2D eigenvalue weighted by Crippen LogP contribution is 2.48. The largest absolute Gasteiger partial charge is 0.384 e. The SMILES string of the molecule is CC(C)N1C(=O)N(CC2CCOCC2)CC12CC1CCC(C2)N1CC[C@H](NC(=O)C#CCO)c1ccccc1. The van der Waals surface area contributed by atoms with Gasteiger partial charge in [-0.05, 0) is 76.2 Å². The fourth-order valence-corrected chi connectivity index (χ4v) is 7.71. The van der Waals surface area contributed by atoms with Crippen molar-refractivity contribution in [3.05, 3.63) is 35.9 Å². The highest BCUT2D eigenvalue weighted by atomic mass is 16.5. The minimum Gasteiger partial charge on any atom is -0.384 e. The number of amides is 3. The monoisotopic (exact) mass is 536 g/mol. The van der Waals surface area contributed by atoms with E-state index in [2.05, 4.69) is 45.7 Å². The summed E-state index contributed by atoms with van der Waals surface area (Å²) < 4.78 is 5.56. The predicted octanol–water partition coefficient (Wildman–Crippen LogP) is 3.17. The average molecular weight is 537 g/mol. The number of aliphatic hydroxyl groups excluding tert-OH is 1. The molecule has 0 aliphatic carbocycles. The molecule has 8 heteroatoms. The quantitative estimate of drug-likeness (QED) is 0.499. The molecule has 4 heterocycles. The minimum atomic E-state index is -0.361. The standard InChI is InChI=1S/C31H44N4O4/c1-23(2)35-30(38)33(21-24-13-17-39-18-14-24)22-31(35)19-26-10-11-27(20-31)34(26)15-12-28(25-7-4-3-5-8-25)32-29(37)9-6-16-36/h3-5,7-8,23-24,26-28,36H,10-22H2,1-2H3,(H,32,37)/t26?,27?,28-,31?/m0/s1. The molecule has 3 amide bonds.